The highest BCUT2D eigenvalue weighted by atomic mass is 16.5. The Bertz CT molecular complexity index is 633. The van der Waals surface area contributed by atoms with Gasteiger partial charge in [0.05, 0.1) is 14.2 Å². The molecule has 1 N–H and O–H groups in total. The average Bonchev–Trinajstić information content (AvgIpc) is 2.62. The second-order valence-electron chi connectivity index (χ2n) is 8.84. The first kappa shape index (κ1) is 24.0. The summed E-state index contributed by atoms with van der Waals surface area (Å²) in [6.45, 7) is 10.4. The lowest BCUT2D eigenvalue weighted by molar-refractivity contribution is -0.141. The van der Waals surface area contributed by atoms with E-state index >= 15 is 0 Å². The first-order valence-corrected chi connectivity index (χ1v) is 9.93. The van der Waals surface area contributed by atoms with Crippen molar-refractivity contribution in [1.29, 1.82) is 0 Å². The number of benzene rings is 1. The fourth-order valence-electron chi connectivity index (χ4n) is 3.63. The maximum Gasteiger partial charge on any atom is 0.305 e. The van der Waals surface area contributed by atoms with Crippen LogP contribution in [0, 0.1) is 6.92 Å². The van der Waals surface area contributed by atoms with Crippen LogP contribution in [0.5, 0.6) is 5.75 Å². The zero-order valence-electron chi connectivity index (χ0n) is 18.5. The third-order valence-electron chi connectivity index (χ3n) is 5.53. The van der Waals surface area contributed by atoms with Crippen molar-refractivity contribution < 1.29 is 24.2 Å². The fraction of sp³-hybridized carbons (Fsp3) is 0.652. The van der Waals surface area contributed by atoms with Crippen LogP contribution < -0.4 is 0 Å². The van der Waals surface area contributed by atoms with Crippen molar-refractivity contribution in [3.8, 4) is 5.75 Å². The van der Waals surface area contributed by atoms with Gasteiger partial charge in [-0.3, -0.25) is 9.59 Å². The molecule has 0 fully saturated rings. The maximum absolute atomic E-state index is 11.4. The fourth-order valence-corrected chi connectivity index (χ4v) is 3.63. The zero-order valence-corrected chi connectivity index (χ0v) is 18.5. The quantitative estimate of drug-likeness (QED) is 0.571. The van der Waals surface area contributed by atoms with Crippen molar-refractivity contribution in [3.63, 3.8) is 0 Å². The molecule has 1 aromatic carbocycles. The number of aryl methyl sites for hydroxylation is 1. The van der Waals surface area contributed by atoms with Crippen LogP contribution in [0.1, 0.15) is 82.9 Å². The van der Waals surface area contributed by atoms with Crippen molar-refractivity contribution in [3.05, 3.63) is 28.8 Å². The van der Waals surface area contributed by atoms with Crippen LogP contribution in [0.3, 0.4) is 0 Å². The third kappa shape index (κ3) is 6.54. The molecule has 5 nitrogen and oxygen atoms in total. The van der Waals surface area contributed by atoms with Crippen molar-refractivity contribution in [2.24, 2.45) is 0 Å². The molecule has 0 saturated heterocycles. The number of phenols is 1. The minimum atomic E-state index is -0.277. The van der Waals surface area contributed by atoms with E-state index in [2.05, 4.69) is 27.7 Å². The number of methoxy groups -OCH3 is 2. The van der Waals surface area contributed by atoms with Crippen LogP contribution in [0.2, 0.25) is 0 Å². The van der Waals surface area contributed by atoms with Gasteiger partial charge in [-0.05, 0) is 43.4 Å². The van der Waals surface area contributed by atoms with Gasteiger partial charge in [0.25, 0.3) is 0 Å². The molecule has 1 aromatic rings. The number of rotatable bonds is 10. The number of carbonyl (C=O) groups excluding carboxylic acids is 2. The van der Waals surface area contributed by atoms with Crippen LogP contribution in [0.4, 0.5) is 0 Å². The first-order valence-electron chi connectivity index (χ1n) is 9.93. The summed E-state index contributed by atoms with van der Waals surface area (Å²) in [7, 11) is 2.79. The van der Waals surface area contributed by atoms with E-state index in [0.29, 0.717) is 31.4 Å². The van der Waals surface area contributed by atoms with E-state index in [0.717, 1.165) is 29.5 Å². The molecule has 28 heavy (non-hydrogen) atoms. The Kier molecular flexibility index (Phi) is 8.52. The molecule has 0 atom stereocenters. The van der Waals surface area contributed by atoms with Crippen LogP contribution in [-0.2, 0) is 29.9 Å². The molecule has 0 heterocycles. The van der Waals surface area contributed by atoms with Gasteiger partial charge in [-0.1, -0.05) is 45.4 Å². The van der Waals surface area contributed by atoms with Gasteiger partial charge < -0.3 is 14.6 Å². The summed E-state index contributed by atoms with van der Waals surface area (Å²) in [6, 6.07) is 4.06. The van der Waals surface area contributed by atoms with Gasteiger partial charge in [-0.2, -0.15) is 0 Å². The van der Waals surface area contributed by atoms with E-state index in [1.807, 2.05) is 19.1 Å². The normalized spacial score (nSPS) is 12.0. The molecule has 0 spiro atoms. The van der Waals surface area contributed by atoms with Crippen LogP contribution >= 0.6 is 0 Å². The molecule has 0 saturated carbocycles. The standard InChI is InChI=1S/C23H36O5/c1-16-14-17(22(2,3)12-8-10-19(24)27-6)21(26)18(15-16)23(4,5)13-9-11-20(25)28-7/h14-15,26H,8-13H2,1-7H3. The average molecular weight is 393 g/mol. The predicted molar refractivity (Wildman–Crippen MR) is 111 cm³/mol. The topological polar surface area (TPSA) is 72.8 Å². The molecule has 0 unspecified atom stereocenters. The van der Waals surface area contributed by atoms with Crippen LogP contribution in [0.25, 0.3) is 0 Å². The highest BCUT2D eigenvalue weighted by Gasteiger charge is 2.31. The number of ether oxygens (including phenoxy) is 2. The number of esters is 2. The van der Waals surface area contributed by atoms with Gasteiger partial charge in [-0.25, -0.2) is 0 Å². The Morgan fingerprint density at radius 2 is 1.21 bits per heavy atom. The SMILES string of the molecule is COC(=O)CCCC(C)(C)c1cc(C)cc(C(C)(C)CCCC(=O)OC)c1O. The van der Waals surface area contributed by atoms with E-state index in [1.54, 1.807) is 0 Å². The summed E-state index contributed by atoms with van der Waals surface area (Å²) in [5.41, 5.74) is 2.33. The Morgan fingerprint density at radius 3 is 1.54 bits per heavy atom. The number of hydrogen-bond donors (Lipinski definition) is 1. The molecule has 158 valence electrons. The van der Waals surface area contributed by atoms with E-state index in [9.17, 15) is 14.7 Å². The number of phenolic OH excluding ortho intramolecular Hbond substituents is 1. The Hall–Kier alpha value is -2.04. The van der Waals surface area contributed by atoms with Gasteiger partial charge in [0.2, 0.25) is 0 Å². The maximum atomic E-state index is 11.4. The molecule has 0 aliphatic rings. The van der Waals surface area contributed by atoms with Crippen molar-refractivity contribution in [2.75, 3.05) is 14.2 Å². The summed E-state index contributed by atoms with van der Waals surface area (Å²) in [5.74, 6) is -0.106. The third-order valence-corrected chi connectivity index (χ3v) is 5.53. The van der Waals surface area contributed by atoms with E-state index in [1.165, 1.54) is 14.2 Å². The van der Waals surface area contributed by atoms with Gasteiger partial charge >= 0.3 is 11.9 Å². The number of hydrogen-bond acceptors (Lipinski definition) is 5. The molecule has 0 amide bonds. The van der Waals surface area contributed by atoms with Gasteiger partial charge in [0.15, 0.2) is 0 Å². The lowest BCUT2D eigenvalue weighted by Crippen LogP contribution is -2.23. The minimum absolute atomic E-state index is 0.211. The second-order valence-corrected chi connectivity index (χ2v) is 8.84. The lowest BCUT2D eigenvalue weighted by atomic mass is 9.73. The number of aromatic hydroxyl groups is 1. The molecule has 0 radical (unpaired) electrons. The molecule has 0 aliphatic heterocycles. The summed E-state index contributed by atoms with van der Waals surface area (Å²) >= 11 is 0. The molecular weight excluding hydrogens is 356 g/mol. The molecule has 5 heteroatoms. The van der Waals surface area contributed by atoms with Crippen molar-refractivity contribution in [1.82, 2.24) is 0 Å². The monoisotopic (exact) mass is 392 g/mol. The van der Waals surface area contributed by atoms with Crippen molar-refractivity contribution >= 4 is 11.9 Å². The van der Waals surface area contributed by atoms with Crippen molar-refractivity contribution in [2.45, 2.75) is 84.0 Å². The van der Waals surface area contributed by atoms with Gasteiger partial charge in [0.1, 0.15) is 5.75 Å². The highest BCUT2D eigenvalue weighted by Crippen LogP contribution is 2.43. The molecular formula is C23H36O5. The largest absolute Gasteiger partial charge is 0.507 e. The minimum Gasteiger partial charge on any atom is -0.507 e. The van der Waals surface area contributed by atoms with Gasteiger partial charge in [0, 0.05) is 24.0 Å². The molecule has 1 rings (SSSR count). The Balaban J connectivity index is 3.06. The van der Waals surface area contributed by atoms with E-state index in [4.69, 9.17) is 9.47 Å². The highest BCUT2D eigenvalue weighted by molar-refractivity contribution is 5.69. The Morgan fingerprint density at radius 1 is 0.857 bits per heavy atom. The predicted octanol–water partition coefficient (Wildman–Crippen LogP) is 4.94. The molecule has 0 bridgehead atoms. The second kappa shape index (κ2) is 9.94. The van der Waals surface area contributed by atoms with E-state index < -0.39 is 0 Å². The smallest absolute Gasteiger partial charge is 0.305 e. The number of carbonyl (C=O) groups is 2. The van der Waals surface area contributed by atoms with Crippen LogP contribution in [0.15, 0.2) is 12.1 Å². The summed E-state index contributed by atoms with van der Waals surface area (Å²) in [5, 5.41) is 11.1. The first-order chi connectivity index (χ1) is 12.9. The van der Waals surface area contributed by atoms with E-state index in [-0.39, 0.29) is 22.8 Å². The molecule has 0 aromatic heterocycles. The Labute approximate surface area is 169 Å². The summed E-state index contributed by atoms with van der Waals surface area (Å²) < 4.78 is 9.44. The lowest BCUT2D eigenvalue weighted by Gasteiger charge is -2.32. The van der Waals surface area contributed by atoms with Crippen LogP contribution in [-0.4, -0.2) is 31.3 Å². The summed E-state index contributed by atoms with van der Waals surface area (Å²) in [4.78, 5) is 22.8. The summed E-state index contributed by atoms with van der Waals surface area (Å²) in [6.07, 6.45) is 3.68. The molecule has 0 aliphatic carbocycles. The zero-order chi connectivity index (χ0) is 21.5. The van der Waals surface area contributed by atoms with Gasteiger partial charge in [-0.15, -0.1) is 0 Å².